The Morgan fingerprint density at radius 2 is 1.97 bits per heavy atom. The number of likely N-dealkylation sites (N-methyl/N-ethyl adjacent to an activating group) is 1. The van der Waals surface area contributed by atoms with E-state index < -0.39 is 17.6 Å². The first-order valence-corrected chi connectivity index (χ1v) is 11.8. The van der Waals surface area contributed by atoms with Crippen molar-refractivity contribution >= 4 is 34.6 Å². The van der Waals surface area contributed by atoms with Crippen molar-refractivity contribution in [3.8, 4) is 0 Å². The van der Waals surface area contributed by atoms with Crippen LogP contribution in [0.4, 0.5) is 24.5 Å². The van der Waals surface area contributed by atoms with Crippen LogP contribution in [0.15, 0.2) is 48.8 Å². The predicted octanol–water partition coefficient (Wildman–Crippen LogP) is 3.71. The SMILES string of the molecule is Cc1c(/C(N)=C/N(N)c2cc(C(=O)Nc3cc(CN(C)CCO)cc(C(F)(F)F)c3)ccc2Cl)cnn1C. The zero-order chi connectivity index (χ0) is 28.2. The highest BCUT2D eigenvalue weighted by Gasteiger charge is 2.31. The Bertz CT molecular complexity index is 1340. The topological polar surface area (TPSA) is 126 Å². The van der Waals surface area contributed by atoms with E-state index in [2.05, 4.69) is 10.4 Å². The molecule has 0 atom stereocenters. The van der Waals surface area contributed by atoms with E-state index in [1.807, 2.05) is 6.92 Å². The van der Waals surface area contributed by atoms with Gasteiger partial charge in [-0.25, -0.2) is 5.84 Å². The smallest absolute Gasteiger partial charge is 0.397 e. The number of hydrogen-bond donors (Lipinski definition) is 4. The highest BCUT2D eigenvalue weighted by molar-refractivity contribution is 6.33. The highest BCUT2D eigenvalue weighted by atomic mass is 35.5. The zero-order valence-corrected chi connectivity index (χ0v) is 21.8. The number of carbonyl (C=O) groups is 1. The molecule has 0 spiro atoms. The predicted molar refractivity (Wildman–Crippen MR) is 141 cm³/mol. The van der Waals surface area contributed by atoms with Gasteiger partial charge in [0.05, 0.1) is 34.8 Å². The lowest BCUT2D eigenvalue weighted by Crippen LogP contribution is -2.26. The highest BCUT2D eigenvalue weighted by Crippen LogP contribution is 2.33. The Balaban J connectivity index is 1.88. The lowest BCUT2D eigenvalue weighted by molar-refractivity contribution is -0.137. The summed E-state index contributed by atoms with van der Waals surface area (Å²) in [6.45, 7) is 2.12. The molecule has 6 N–H and O–H groups in total. The maximum atomic E-state index is 13.5. The lowest BCUT2D eigenvalue weighted by atomic mass is 10.1. The number of rotatable bonds is 9. The molecule has 0 aliphatic carbocycles. The van der Waals surface area contributed by atoms with E-state index in [1.54, 1.807) is 29.9 Å². The van der Waals surface area contributed by atoms with Gasteiger partial charge in [0, 0.05) is 48.8 Å². The van der Waals surface area contributed by atoms with E-state index in [9.17, 15) is 18.0 Å². The second-order valence-corrected chi connectivity index (χ2v) is 9.16. The quantitative estimate of drug-likeness (QED) is 0.236. The van der Waals surface area contributed by atoms with Crippen molar-refractivity contribution in [2.75, 3.05) is 30.5 Å². The van der Waals surface area contributed by atoms with Crippen LogP contribution in [0, 0.1) is 6.92 Å². The minimum Gasteiger partial charge on any atom is -0.397 e. The third-order valence-electron chi connectivity index (χ3n) is 5.82. The van der Waals surface area contributed by atoms with Crippen LogP contribution in [0.5, 0.6) is 0 Å². The second kappa shape index (κ2) is 11.9. The fourth-order valence-corrected chi connectivity index (χ4v) is 3.92. The van der Waals surface area contributed by atoms with Crippen LogP contribution in [-0.2, 0) is 19.8 Å². The summed E-state index contributed by atoms with van der Waals surface area (Å²) in [4.78, 5) is 14.7. The fourth-order valence-electron chi connectivity index (χ4n) is 3.71. The molecular formula is C25H29ClF3N7O2. The van der Waals surface area contributed by atoms with Crippen molar-refractivity contribution < 1.29 is 23.1 Å². The molecule has 0 fully saturated rings. The van der Waals surface area contributed by atoms with Crippen molar-refractivity contribution in [1.82, 2.24) is 14.7 Å². The summed E-state index contributed by atoms with van der Waals surface area (Å²) in [6, 6.07) is 7.60. The van der Waals surface area contributed by atoms with E-state index in [-0.39, 0.29) is 41.7 Å². The van der Waals surface area contributed by atoms with Crippen LogP contribution in [-0.4, -0.2) is 45.9 Å². The van der Waals surface area contributed by atoms with Gasteiger partial charge in [0.1, 0.15) is 0 Å². The number of anilines is 2. The molecule has 2 aromatic carbocycles. The molecule has 1 aromatic heterocycles. The molecule has 0 saturated carbocycles. The largest absolute Gasteiger partial charge is 0.416 e. The number of aromatic nitrogens is 2. The Hall–Kier alpha value is -3.58. The van der Waals surface area contributed by atoms with Gasteiger partial charge in [-0.05, 0) is 55.9 Å². The third kappa shape index (κ3) is 7.04. The van der Waals surface area contributed by atoms with Gasteiger partial charge in [-0.15, -0.1) is 0 Å². The van der Waals surface area contributed by atoms with Gasteiger partial charge in [-0.2, -0.15) is 18.3 Å². The van der Waals surface area contributed by atoms with Crippen molar-refractivity contribution in [2.45, 2.75) is 19.6 Å². The second-order valence-electron chi connectivity index (χ2n) is 8.76. The monoisotopic (exact) mass is 551 g/mol. The first kappa shape index (κ1) is 29.0. The Morgan fingerprint density at radius 1 is 1.26 bits per heavy atom. The molecular weight excluding hydrogens is 523 g/mol. The average Bonchev–Trinajstić information content (AvgIpc) is 3.16. The van der Waals surface area contributed by atoms with Crippen LogP contribution in [0.2, 0.25) is 5.02 Å². The van der Waals surface area contributed by atoms with Crippen molar-refractivity contribution in [3.63, 3.8) is 0 Å². The summed E-state index contributed by atoms with van der Waals surface area (Å²) in [6.07, 6.45) is -1.60. The van der Waals surface area contributed by atoms with E-state index in [0.717, 1.165) is 22.8 Å². The van der Waals surface area contributed by atoms with Crippen molar-refractivity contribution in [3.05, 3.63) is 81.8 Å². The minimum atomic E-state index is -4.61. The van der Waals surface area contributed by atoms with Crippen LogP contribution >= 0.6 is 11.6 Å². The average molecular weight is 552 g/mol. The first-order valence-electron chi connectivity index (χ1n) is 11.4. The van der Waals surface area contributed by atoms with Gasteiger partial charge in [0.2, 0.25) is 0 Å². The lowest BCUT2D eigenvalue weighted by Gasteiger charge is -2.19. The molecule has 0 aliphatic heterocycles. The number of hydrogen-bond acceptors (Lipinski definition) is 7. The third-order valence-corrected chi connectivity index (χ3v) is 6.14. The van der Waals surface area contributed by atoms with Crippen LogP contribution < -0.4 is 21.9 Å². The molecule has 3 aromatic rings. The van der Waals surface area contributed by atoms with E-state index >= 15 is 0 Å². The number of amides is 1. The molecule has 1 heterocycles. The number of aryl methyl sites for hydroxylation is 1. The number of hydrazine groups is 1. The Morgan fingerprint density at radius 3 is 2.58 bits per heavy atom. The molecule has 0 aliphatic rings. The standard InChI is InChI=1S/C25H29ClF3N7O2/c1-15-20(12-32-35(15)3)22(30)14-36(31)23-10-17(4-5-21(23)26)24(38)33-19-9-16(13-34(2)6-7-37)8-18(11-19)25(27,28)29/h4-5,8-12,14,37H,6-7,13,30-31H2,1-3H3,(H,33,38)/b22-14-. The summed E-state index contributed by atoms with van der Waals surface area (Å²) in [5.74, 6) is 5.50. The number of nitrogens with zero attached hydrogens (tertiary/aromatic N) is 4. The summed E-state index contributed by atoms with van der Waals surface area (Å²) in [5, 5.41) is 17.1. The number of nitrogens with one attached hydrogen (secondary N) is 1. The summed E-state index contributed by atoms with van der Waals surface area (Å²) in [5.41, 5.74) is 7.71. The number of alkyl halides is 3. The molecule has 1 amide bonds. The van der Waals surface area contributed by atoms with Gasteiger partial charge in [0.25, 0.3) is 5.91 Å². The zero-order valence-electron chi connectivity index (χ0n) is 21.1. The number of halogens is 4. The summed E-state index contributed by atoms with van der Waals surface area (Å²) < 4.78 is 42.2. The van der Waals surface area contributed by atoms with Crippen molar-refractivity contribution in [1.29, 1.82) is 0 Å². The van der Waals surface area contributed by atoms with E-state index in [4.69, 9.17) is 28.3 Å². The molecule has 13 heteroatoms. The van der Waals surface area contributed by atoms with Crippen LogP contribution in [0.25, 0.3) is 5.70 Å². The number of aliphatic hydroxyl groups excluding tert-OH is 1. The minimum absolute atomic E-state index is 0.0329. The van der Waals surface area contributed by atoms with Crippen molar-refractivity contribution in [2.24, 2.45) is 18.6 Å². The van der Waals surface area contributed by atoms with Crippen LogP contribution in [0.3, 0.4) is 0 Å². The molecule has 0 unspecified atom stereocenters. The number of aliphatic hydroxyl groups is 1. The maximum absolute atomic E-state index is 13.5. The van der Waals surface area contributed by atoms with Gasteiger partial charge < -0.3 is 16.2 Å². The van der Waals surface area contributed by atoms with E-state index in [1.165, 1.54) is 30.5 Å². The van der Waals surface area contributed by atoms with E-state index in [0.29, 0.717) is 16.8 Å². The van der Waals surface area contributed by atoms with Gasteiger partial charge >= 0.3 is 6.18 Å². The van der Waals surface area contributed by atoms with Gasteiger partial charge in [0.15, 0.2) is 0 Å². The van der Waals surface area contributed by atoms with Crippen LogP contribution in [0.1, 0.15) is 32.7 Å². The van der Waals surface area contributed by atoms with Gasteiger partial charge in [-0.3, -0.25) is 19.4 Å². The fraction of sp³-hybridized carbons (Fsp3) is 0.280. The number of benzene rings is 2. The number of carbonyl (C=O) groups excluding carboxylic acids is 1. The molecule has 0 bridgehead atoms. The normalized spacial score (nSPS) is 12.2. The molecule has 0 saturated heterocycles. The molecule has 38 heavy (non-hydrogen) atoms. The first-order chi connectivity index (χ1) is 17.8. The number of nitrogens with two attached hydrogens (primary N) is 2. The summed E-state index contributed by atoms with van der Waals surface area (Å²) >= 11 is 6.30. The molecule has 0 radical (unpaired) electrons. The molecule has 3 rings (SSSR count). The Labute approximate surface area is 223 Å². The maximum Gasteiger partial charge on any atom is 0.416 e. The molecule has 9 nitrogen and oxygen atoms in total. The molecule has 204 valence electrons. The Kier molecular flexibility index (Phi) is 9.05. The van der Waals surface area contributed by atoms with Gasteiger partial charge in [-0.1, -0.05) is 11.6 Å². The summed E-state index contributed by atoms with van der Waals surface area (Å²) in [7, 11) is 3.44.